The van der Waals surface area contributed by atoms with E-state index in [0.29, 0.717) is 11.8 Å². The van der Waals surface area contributed by atoms with Gasteiger partial charge >= 0.3 is 0 Å². The van der Waals surface area contributed by atoms with Gasteiger partial charge in [0.1, 0.15) is 11.0 Å². The average Bonchev–Trinajstić information content (AvgIpc) is 1.88. The summed E-state index contributed by atoms with van der Waals surface area (Å²) >= 11 is 0. The lowest BCUT2D eigenvalue weighted by molar-refractivity contribution is 0.619. The first-order chi connectivity index (χ1) is 43.3. The van der Waals surface area contributed by atoms with Gasteiger partial charge in [-0.25, -0.2) is 9.97 Å². The van der Waals surface area contributed by atoms with Crippen molar-refractivity contribution >= 4 is 56.3 Å². The van der Waals surface area contributed by atoms with Crippen LogP contribution in [-0.2, 0) is 16.2 Å². The molecule has 0 spiro atoms. The summed E-state index contributed by atoms with van der Waals surface area (Å²) in [6, 6.07) is 97.1. The number of hydrogen-bond donors (Lipinski definition) is 0. The minimum absolute atomic E-state index is 0.115. The lowest BCUT2D eigenvalue weighted by atomic mass is 9.81. The highest BCUT2D eigenvalue weighted by molar-refractivity contribution is 5.92. The van der Waals surface area contributed by atoms with Gasteiger partial charge in [-0.3, -0.25) is 0 Å². The lowest BCUT2D eigenvalue weighted by Gasteiger charge is -2.29. The Labute approximate surface area is 518 Å². The van der Waals surface area contributed by atoms with E-state index in [4.69, 9.17) is 18.8 Å². The SMILES string of the molecule is CC1(C)c2ccccc2-c2ccc(-c3cccc(N(c4ccc(-c5nc6ccccc6o5)cc4)c4ccc5c(c4)C(C)(C)c4cc(N(c6ccc(-c7nc8ccccc8o7)cc6)c6cccc(-c7ccc8c(c7)C(C)(C)c7ccccc7-8)c6)ccc4-5)c3)cc21. The van der Waals surface area contributed by atoms with Crippen LogP contribution in [0.2, 0.25) is 0 Å². The molecule has 426 valence electrons. The molecule has 0 radical (unpaired) electrons. The van der Waals surface area contributed by atoms with Crippen molar-refractivity contribution in [3.8, 4) is 78.5 Å². The van der Waals surface area contributed by atoms with Gasteiger partial charge in [0.2, 0.25) is 11.8 Å². The first-order valence-electron chi connectivity index (χ1n) is 30.8. The number of hydrogen-bond acceptors (Lipinski definition) is 6. The van der Waals surface area contributed by atoms with Gasteiger partial charge in [-0.05, 0) is 222 Å². The number of fused-ring (bicyclic) bond motifs is 11. The van der Waals surface area contributed by atoms with Crippen LogP contribution in [0.3, 0.4) is 0 Å². The number of benzene rings is 12. The Hall–Kier alpha value is -10.8. The molecule has 0 unspecified atom stereocenters. The maximum atomic E-state index is 6.28. The van der Waals surface area contributed by atoms with Crippen molar-refractivity contribution in [2.45, 2.75) is 57.8 Å². The second-order valence-corrected chi connectivity index (χ2v) is 25.8. The predicted molar refractivity (Wildman–Crippen MR) is 365 cm³/mol. The standard InChI is InChI=1S/C83H62N4O2/c1-81(2)69-23-9-7-21-63(69)65-41-33-55(47-71(65)81)53-17-15-19-59(45-53)86(57-35-29-51(30-36-57)79-84-75-25-11-13-27-77(75)88-79)61-39-43-67-68-44-40-62(50-74(68)83(5,6)73(67)49-61)87(58-37-31-52(32-38-58)80-85-76-26-12-14-28-78(76)89-80)60-20-16-18-54(46-60)56-34-42-66-64-22-8-10-24-70(64)82(3,4)72(66)48-56/h7-50H,1-6H3. The Balaban J connectivity index is 0.760. The molecule has 0 fully saturated rings. The lowest BCUT2D eigenvalue weighted by Crippen LogP contribution is -2.17. The molecule has 2 heterocycles. The van der Waals surface area contributed by atoms with Crippen LogP contribution in [0.25, 0.3) is 101 Å². The molecule has 2 aromatic heterocycles. The van der Waals surface area contributed by atoms with E-state index in [1.165, 1.54) is 77.9 Å². The first kappa shape index (κ1) is 52.5. The molecule has 6 heteroatoms. The zero-order valence-corrected chi connectivity index (χ0v) is 50.5. The molecule has 17 rings (SSSR count). The normalized spacial score (nSPS) is 14.2. The molecule has 6 nitrogen and oxygen atoms in total. The highest BCUT2D eigenvalue weighted by atomic mass is 16.4. The Kier molecular flexibility index (Phi) is 11.6. The summed E-state index contributed by atoms with van der Waals surface area (Å²) in [6.45, 7) is 14.2. The fourth-order valence-corrected chi connectivity index (χ4v) is 14.8. The van der Waals surface area contributed by atoms with Gasteiger partial charge in [0, 0.05) is 61.5 Å². The fraction of sp³-hybridized carbons (Fsp3) is 0.108. The Morgan fingerprint density at radius 3 is 0.989 bits per heavy atom. The number of para-hydroxylation sites is 4. The summed E-state index contributed by atoms with van der Waals surface area (Å²) in [5.41, 5.74) is 31.2. The molecule has 0 aliphatic heterocycles. The van der Waals surface area contributed by atoms with Crippen molar-refractivity contribution < 1.29 is 8.83 Å². The van der Waals surface area contributed by atoms with Crippen LogP contribution in [0.1, 0.15) is 74.9 Å². The van der Waals surface area contributed by atoms with Crippen LogP contribution in [0.4, 0.5) is 34.1 Å². The molecule has 3 aliphatic rings. The maximum Gasteiger partial charge on any atom is 0.227 e. The minimum Gasteiger partial charge on any atom is -0.436 e. The molecular weight excluding hydrogens is 1080 g/mol. The minimum atomic E-state index is -0.380. The molecule has 0 amide bonds. The van der Waals surface area contributed by atoms with E-state index in [9.17, 15) is 0 Å². The van der Waals surface area contributed by atoms with Gasteiger partial charge < -0.3 is 18.6 Å². The van der Waals surface area contributed by atoms with Crippen molar-refractivity contribution in [2.24, 2.45) is 0 Å². The van der Waals surface area contributed by atoms with Crippen molar-refractivity contribution in [3.05, 3.63) is 300 Å². The second kappa shape index (κ2) is 19.6. The van der Waals surface area contributed by atoms with Gasteiger partial charge in [0.15, 0.2) is 11.2 Å². The summed E-state index contributed by atoms with van der Waals surface area (Å²) in [5, 5.41) is 0. The molecule has 14 aromatic rings. The van der Waals surface area contributed by atoms with Gasteiger partial charge in [-0.15, -0.1) is 0 Å². The molecule has 0 atom stereocenters. The van der Waals surface area contributed by atoms with E-state index >= 15 is 0 Å². The van der Waals surface area contributed by atoms with Crippen LogP contribution in [0.5, 0.6) is 0 Å². The van der Waals surface area contributed by atoms with E-state index < -0.39 is 0 Å². The third kappa shape index (κ3) is 8.31. The Morgan fingerprint density at radius 1 is 0.247 bits per heavy atom. The van der Waals surface area contributed by atoms with Gasteiger partial charge in [-0.2, -0.15) is 0 Å². The highest BCUT2D eigenvalue weighted by Gasteiger charge is 2.39. The smallest absolute Gasteiger partial charge is 0.227 e. The van der Waals surface area contributed by atoms with Crippen LogP contribution in [0, 0.1) is 0 Å². The topological polar surface area (TPSA) is 58.5 Å². The van der Waals surface area contributed by atoms with Crippen LogP contribution in [-0.4, -0.2) is 9.97 Å². The van der Waals surface area contributed by atoms with Crippen LogP contribution >= 0.6 is 0 Å². The summed E-state index contributed by atoms with van der Waals surface area (Å²) in [7, 11) is 0. The monoisotopic (exact) mass is 1150 g/mol. The number of aromatic nitrogens is 2. The Bertz CT molecular complexity index is 4810. The molecule has 12 aromatic carbocycles. The largest absolute Gasteiger partial charge is 0.436 e. The van der Waals surface area contributed by atoms with E-state index in [1.807, 2.05) is 48.5 Å². The quantitative estimate of drug-likeness (QED) is 0.136. The molecule has 0 saturated carbocycles. The van der Waals surface area contributed by atoms with E-state index in [2.05, 4.69) is 270 Å². The van der Waals surface area contributed by atoms with Crippen molar-refractivity contribution in [2.75, 3.05) is 9.80 Å². The van der Waals surface area contributed by atoms with Crippen LogP contribution in [0.15, 0.2) is 276 Å². The zero-order chi connectivity index (χ0) is 59.9. The summed E-state index contributed by atoms with van der Waals surface area (Å²) in [6.07, 6.45) is 0. The van der Waals surface area contributed by atoms with E-state index in [-0.39, 0.29) is 16.2 Å². The zero-order valence-electron chi connectivity index (χ0n) is 50.5. The van der Waals surface area contributed by atoms with Crippen molar-refractivity contribution in [1.82, 2.24) is 9.97 Å². The number of anilines is 6. The number of nitrogens with zero attached hydrogens (tertiary/aromatic N) is 4. The third-order valence-corrected chi connectivity index (χ3v) is 19.5. The predicted octanol–water partition coefficient (Wildman–Crippen LogP) is 22.5. The number of rotatable bonds is 10. The fourth-order valence-electron chi connectivity index (χ4n) is 14.8. The summed E-state index contributed by atoms with van der Waals surface area (Å²) in [4.78, 5) is 14.5. The second-order valence-electron chi connectivity index (χ2n) is 25.8. The van der Waals surface area contributed by atoms with Gasteiger partial charge in [0.25, 0.3) is 0 Å². The maximum absolute atomic E-state index is 6.28. The first-order valence-corrected chi connectivity index (χ1v) is 30.8. The van der Waals surface area contributed by atoms with E-state index in [0.717, 1.165) is 78.6 Å². The summed E-state index contributed by atoms with van der Waals surface area (Å²) < 4.78 is 12.6. The van der Waals surface area contributed by atoms with E-state index in [1.54, 1.807) is 0 Å². The third-order valence-electron chi connectivity index (χ3n) is 19.5. The number of oxazole rings is 2. The molecule has 0 N–H and O–H groups in total. The van der Waals surface area contributed by atoms with Gasteiger partial charge in [-0.1, -0.05) is 175 Å². The molecular formula is C83H62N4O2. The molecule has 89 heavy (non-hydrogen) atoms. The van der Waals surface area contributed by atoms with Crippen molar-refractivity contribution in [1.29, 1.82) is 0 Å². The molecule has 3 aliphatic carbocycles. The highest BCUT2D eigenvalue weighted by Crippen LogP contribution is 2.55. The summed E-state index contributed by atoms with van der Waals surface area (Å²) in [5.74, 6) is 1.20. The average molecular weight is 1150 g/mol. The van der Waals surface area contributed by atoms with Crippen LogP contribution < -0.4 is 9.80 Å². The molecule has 0 bridgehead atoms. The van der Waals surface area contributed by atoms with Crippen molar-refractivity contribution in [3.63, 3.8) is 0 Å². The van der Waals surface area contributed by atoms with Gasteiger partial charge in [0.05, 0.1) is 0 Å². The Morgan fingerprint density at radius 2 is 0.562 bits per heavy atom. The molecule has 0 saturated heterocycles.